The highest BCUT2D eigenvalue weighted by molar-refractivity contribution is 5.79. The molecule has 0 saturated carbocycles. The predicted molar refractivity (Wildman–Crippen MR) is 134 cm³/mol. The van der Waals surface area contributed by atoms with Crippen LogP contribution in [-0.4, -0.2) is 53.6 Å². The lowest BCUT2D eigenvalue weighted by molar-refractivity contribution is -0.136. The minimum absolute atomic E-state index is 0.00448. The summed E-state index contributed by atoms with van der Waals surface area (Å²) in [6.45, 7) is 8.70. The molecule has 1 heterocycles. The zero-order valence-electron chi connectivity index (χ0n) is 21.4. The molecule has 3 atom stereocenters. The van der Waals surface area contributed by atoms with Crippen LogP contribution < -0.4 is 10.6 Å². The van der Waals surface area contributed by atoms with Gasteiger partial charge in [-0.1, -0.05) is 38.1 Å². The molecule has 1 radical (unpaired) electrons. The van der Waals surface area contributed by atoms with Crippen LogP contribution in [0, 0.1) is 11.6 Å². The Bertz CT molecular complexity index is 1060. The molecule has 6 nitrogen and oxygen atoms in total. The molecule has 0 bridgehead atoms. The second-order valence-corrected chi connectivity index (χ2v) is 9.91. The van der Waals surface area contributed by atoms with Crippen molar-refractivity contribution in [1.82, 2.24) is 15.5 Å². The zero-order valence-corrected chi connectivity index (χ0v) is 21.4. The molecule has 0 aromatic heterocycles. The van der Waals surface area contributed by atoms with Crippen LogP contribution >= 0.6 is 0 Å². The Morgan fingerprint density at radius 2 is 1.89 bits per heavy atom. The maximum atomic E-state index is 13.7. The van der Waals surface area contributed by atoms with Crippen molar-refractivity contribution in [2.24, 2.45) is 0 Å². The molecule has 1 fully saturated rings. The molecule has 8 heteroatoms. The number of halogens is 2. The average molecular weight is 501 g/mol. The van der Waals surface area contributed by atoms with Gasteiger partial charge in [-0.15, -0.1) is 0 Å². The smallest absolute Gasteiger partial charge is 0.238 e. The van der Waals surface area contributed by atoms with Crippen LogP contribution in [0.4, 0.5) is 8.78 Å². The van der Waals surface area contributed by atoms with E-state index in [1.54, 1.807) is 0 Å². The third-order valence-electron chi connectivity index (χ3n) is 6.91. The van der Waals surface area contributed by atoms with Crippen LogP contribution in [0.5, 0.6) is 0 Å². The number of carbonyl (C=O) groups excluding carboxylic acids is 2. The zero-order chi connectivity index (χ0) is 26.5. The fourth-order valence-electron chi connectivity index (χ4n) is 4.85. The van der Waals surface area contributed by atoms with E-state index in [0.717, 1.165) is 17.2 Å². The number of aliphatic hydroxyl groups is 1. The summed E-state index contributed by atoms with van der Waals surface area (Å²) in [4.78, 5) is 26.6. The van der Waals surface area contributed by atoms with E-state index < -0.39 is 35.2 Å². The third kappa shape index (κ3) is 6.89. The van der Waals surface area contributed by atoms with Gasteiger partial charge in [0.25, 0.3) is 0 Å². The second kappa shape index (κ2) is 11.9. The molecule has 1 aliphatic rings. The number of rotatable bonds is 10. The number of amides is 2. The van der Waals surface area contributed by atoms with Gasteiger partial charge in [-0.3, -0.25) is 9.59 Å². The van der Waals surface area contributed by atoms with Gasteiger partial charge < -0.3 is 15.3 Å². The Morgan fingerprint density at radius 3 is 2.47 bits per heavy atom. The number of hydrogen-bond donors (Lipinski definition) is 2. The standard InChI is InChI=1S/C28H36F2N3O3/c1-5-33-10-9-28(16-27(33)36,22-8-6-7-21(14-22)18(2)3)31-17-26(35)25(32-19(4)34)13-20-11-23(29)15-24(30)12-20/h6-8,11-12,14-15,18,25-26,31,35H,5,9-10,13,16-17H2,1-4H3. The molecule has 1 aliphatic heterocycles. The number of piperidine rings is 1. The summed E-state index contributed by atoms with van der Waals surface area (Å²) in [6.07, 6.45) is -0.233. The van der Waals surface area contributed by atoms with Gasteiger partial charge in [0.1, 0.15) is 11.6 Å². The second-order valence-electron chi connectivity index (χ2n) is 9.91. The summed E-state index contributed by atoms with van der Waals surface area (Å²) < 4.78 is 27.4. The Hall–Kier alpha value is -2.84. The summed E-state index contributed by atoms with van der Waals surface area (Å²) in [5.41, 5.74) is 1.72. The molecule has 1 saturated heterocycles. The van der Waals surface area contributed by atoms with E-state index in [0.29, 0.717) is 31.0 Å². The van der Waals surface area contributed by atoms with E-state index in [1.165, 1.54) is 19.1 Å². The number of nitrogens with zero attached hydrogens (tertiary/aromatic N) is 2. The van der Waals surface area contributed by atoms with E-state index in [9.17, 15) is 23.5 Å². The Kier molecular flexibility index (Phi) is 9.19. The van der Waals surface area contributed by atoms with Gasteiger partial charge in [0.05, 0.1) is 17.7 Å². The van der Waals surface area contributed by atoms with Crippen LogP contribution in [0.2, 0.25) is 0 Å². The molecule has 0 spiro atoms. The highest BCUT2D eigenvalue weighted by atomic mass is 19.1. The van der Waals surface area contributed by atoms with Crippen molar-refractivity contribution < 1.29 is 23.5 Å². The molecule has 2 aromatic carbocycles. The SMILES string of the molecule is CCN1CCC(NCC(O)C(Cc2cc(F)cc(F)c2)[N]C(C)=O)(c2cccc(C(C)C)c2)CC1=O. The number of carbonyl (C=O) groups is 2. The molecule has 3 unspecified atom stereocenters. The lowest BCUT2D eigenvalue weighted by Crippen LogP contribution is -2.56. The van der Waals surface area contributed by atoms with E-state index in [1.807, 2.05) is 24.0 Å². The van der Waals surface area contributed by atoms with Crippen molar-refractivity contribution in [3.63, 3.8) is 0 Å². The summed E-state index contributed by atoms with van der Waals surface area (Å²) in [5.74, 6) is -1.61. The number of hydrogen-bond acceptors (Lipinski definition) is 4. The van der Waals surface area contributed by atoms with Gasteiger partial charge in [0, 0.05) is 39.0 Å². The third-order valence-corrected chi connectivity index (χ3v) is 6.91. The van der Waals surface area contributed by atoms with E-state index in [-0.39, 0.29) is 25.3 Å². The van der Waals surface area contributed by atoms with Crippen molar-refractivity contribution in [3.8, 4) is 0 Å². The van der Waals surface area contributed by atoms with Crippen molar-refractivity contribution in [3.05, 3.63) is 70.8 Å². The first-order chi connectivity index (χ1) is 17.0. The molecule has 195 valence electrons. The monoisotopic (exact) mass is 500 g/mol. The van der Waals surface area contributed by atoms with Gasteiger partial charge in [0.2, 0.25) is 11.8 Å². The van der Waals surface area contributed by atoms with Gasteiger partial charge >= 0.3 is 0 Å². The Balaban J connectivity index is 1.85. The number of benzene rings is 2. The summed E-state index contributed by atoms with van der Waals surface area (Å²) >= 11 is 0. The van der Waals surface area contributed by atoms with Crippen LogP contribution in [0.1, 0.15) is 63.1 Å². The minimum Gasteiger partial charge on any atom is -0.390 e. The Labute approximate surface area is 212 Å². The largest absolute Gasteiger partial charge is 0.390 e. The number of aliphatic hydroxyl groups excluding tert-OH is 1. The fraction of sp³-hybridized carbons (Fsp3) is 0.500. The summed E-state index contributed by atoms with van der Waals surface area (Å²) in [5, 5.41) is 18.5. The molecular formula is C28H36F2N3O3. The molecule has 2 aromatic rings. The van der Waals surface area contributed by atoms with Crippen LogP contribution in [0.25, 0.3) is 0 Å². The van der Waals surface area contributed by atoms with E-state index in [2.05, 4.69) is 36.6 Å². The normalized spacial score (nSPS) is 19.9. The van der Waals surface area contributed by atoms with Crippen LogP contribution in [0.15, 0.2) is 42.5 Å². The maximum Gasteiger partial charge on any atom is 0.238 e. The fourth-order valence-corrected chi connectivity index (χ4v) is 4.85. The number of nitrogens with one attached hydrogen (secondary N) is 1. The predicted octanol–water partition coefficient (Wildman–Crippen LogP) is 3.64. The first kappa shape index (κ1) is 27.7. The van der Waals surface area contributed by atoms with Gasteiger partial charge in [0.15, 0.2) is 0 Å². The molecular weight excluding hydrogens is 464 g/mol. The molecule has 0 aliphatic carbocycles. The molecule has 2 amide bonds. The van der Waals surface area contributed by atoms with E-state index >= 15 is 0 Å². The van der Waals surface area contributed by atoms with Gasteiger partial charge in [-0.2, -0.15) is 0 Å². The molecule has 2 N–H and O–H groups in total. The van der Waals surface area contributed by atoms with E-state index in [4.69, 9.17) is 0 Å². The highest BCUT2D eigenvalue weighted by Crippen LogP contribution is 2.35. The van der Waals surface area contributed by atoms with Crippen molar-refractivity contribution in [2.45, 2.75) is 70.6 Å². The van der Waals surface area contributed by atoms with Gasteiger partial charge in [-0.25, -0.2) is 14.1 Å². The van der Waals surface area contributed by atoms with Crippen molar-refractivity contribution >= 4 is 11.8 Å². The van der Waals surface area contributed by atoms with Gasteiger partial charge in [-0.05, 0) is 54.5 Å². The van der Waals surface area contributed by atoms with Crippen molar-refractivity contribution in [1.29, 1.82) is 0 Å². The molecule has 3 rings (SSSR count). The summed E-state index contributed by atoms with van der Waals surface area (Å²) in [7, 11) is 0. The molecule has 36 heavy (non-hydrogen) atoms. The van der Waals surface area contributed by atoms with Crippen LogP contribution in [0.3, 0.4) is 0 Å². The minimum atomic E-state index is -1.12. The first-order valence-corrected chi connectivity index (χ1v) is 12.5. The van der Waals surface area contributed by atoms with Crippen molar-refractivity contribution in [2.75, 3.05) is 19.6 Å². The lowest BCUT2D eigenvalue weighted by Gasteiger charge is -2.43. The first-order valence-electron chi connectivity index (χ1n) is 12.5. The van der Waals surface area contributed by atoms with Crippen LogP contribution in [-0.2, 0) is 21.5 Å². The average Bonchev–Trinajstić information content (AvgIpc) is 2.81. The quantitative estimate of drug-likeness (QED) is 0.522. The highest BCUT2D eigenvalue weighted by Gasteiger charge is 2.40. The lowest BCUT2D eigenvalue weighted by atomic mass is 9.79. The Morgan fingerprint density at radius 1 is 1.19 bits per heavy atom. The summed E-state index contributed by atoms with van der Waals surface area (Å²) in [6, 6.07) is 10.3. The topological polar surface area (TPSA) is 83.7 Å². The maximum absolute atomic E-state index is 13.7. The number of likely N-dealkylation sites (tertiary alicyclic amines) is 1.